The maximum atomic E-state index is 4.76. The van der Waals surface area contributed by atoms with Crippen LogP contribution in [0.1, 0.15) is 25.0 Å². The molecule has 0 saturated carbocycles. The average Bonchev–Trinajstić information content (AvgIpc) is 2.98. The predicted octanol–water partition coefficient (Wildman–Crippen LogP) is 10.3. The Labute approximate surface area is 229 Å². The van der Waals surface area contributed by atoms with Gasteiger partial charge in [0.15, 0.2) is 5.82 Å². The third kappa shape index (κ3) is 4.55. The molecule has 0 fully saturated rings. The molecule has 0 aliphatic carbocycles. The van der Waals surface area contributed by atoms with Gasteiger partial charge < -0.3 is 0 Å². The van der Waals surface area contributed by atoms with Gasteiger partial charge in [0.25, 0.3) is 0 Å². The minimum atomic E-state index is 0.761. The molecule has 0 N–H and O–H groups in total. The Hall–Kier alpha value is -4.82. The molecule has 5 aromatic carbocycles. The van der Waals surface area contributed by atoms with Crippen molar-refractivity contribution in [1.82, 2.24) is 4.98 Å². The zero-order valence-electron chi connectivity index (χ0n) is 22.5. The molecule has 0 spiro atoms. The number of hydrogen-bond donors (Lipinski definition) is 0. The number of aliphatic imine (C=N–C) groups is 1. The minimum absolute atomic E-state index is 0.761. The van der Waals surface area contributed by atoms with E-state index in [0.29, 0.717) is 0 Å². The zero-order valence-corrected chi connectivity index (χ0v) is 22.5. The third-order valence-corrected chi connectivity index (χ3v) is 7.36. The summed E-state index contributed by atoms with van der Waals surface area (Å²) in [5.74, 6) is 0.761. The van der Waals surface area contributed by atoms with Crippen LogP contribution in [-0.4, -0.2) is 10.7 Å². The number of hydrogen-bond acceptors (Lipinski definition) is 2. The van der Waals surface area contributed by atoms with Crippen molar-refractivity contribution in [1.29, 1.82) is 0 Å². The second-order valence-corrected chi connectivity index (χ2v) is 9.84. The van der Waals surface area contributed by atoms with Gasteiger partial charge in [-0.15, -0.1) is 0 Å². The Balaban J connectivity index is 1.58. The summed E-state index contributed by atoms with van der Waals surface area (Å²) in [6.45, 7) is 6.17. The smallest absolute Gasteiger partial charge is 0.154 e. The van der Waals surface area contributed by atoms with Gasteiger partial charge in [0.1, 0.15) is 0 Å². The Morgan fingerprint density at radius 1 is 0.667 bits per heavy atom. The summed E-state index contributed by atoms with van der Waals surface area (Å²) in [7, 11) is 0. The number of allylic oxidation sites excluding steroid dienone is 4. The Bertz CT molecular complexity index is 1880. The van der Waals surface area contributed by atoms with Crippen LogP contribution >= 0.6 is 0 Å². The van der Waals surface area contributed by atoms with Gasteiger partial charge in [0, 0.05) is 11.9 Å². The molecule has 6 aromatic rings. The molecular weight excluding hydrogens is 472 g/mol. The van der Waals surface area contributed by atoms with Gasteiger partial charge in [0.2, 0.25) is 0 Å². The molecule has 1 heterocycles. The zero-order chi connectivity index (χ0) is 26.8. The van der Waals surface area contributed by atoms with Crippen LogP contribution in [0.4, 0.5) is 5.82 Å². The molecule has 0 atom stereocenters. The Morgan fingerprint density at radius 3 is 1.95 bits per heavy atom. The van der Waals surface area contributed by atoms with E-state index in [1.807, 2.05) is 26.0 Å². The predicted molar refractivity (Wildman–Crippen MR) is 169 cm³/mol. The highest BCUT2D eigenvalue weighted by Crippen LogP contribution is 2.43. The van der Waals surface area contributed by atoms with E-state index in [2.05, 4.69) is 121 Å². The van der Waals surface area contributed by atoms with Crippen LogP contribution in [0.3, 0.4) is 0 Å². The van der Waals surface area contributed by atoms with Crippen molar-refractivity contribution in [3.63, 3.8) is 0 Å². The molecule has 0 unspecified atom stereocenters. The first-order chi connectivity index (χ1) is 19.2. The van der Waals surface area contributed by atoms with Crippen LogP contribution in [0.5, 0.6) is 0 Å². The van der Waals surface area contributed by atoms with E-state index in [-0.39, 0.29) is 0 Å². The van der Waals surface area contributed by atoms with Gasteiger partial charge in [-0.3, -0.25) is 0 Å². The molecule has 39 heavy (non-hydrogen) atoms. The molecule has 0 radical (unpaired) electrons. The molecule has 6 rings (SSSR count). The van der Waals surface area contributed by atoms with E-state index >= 15 is 0 Å². The minimum Gasteiger partial charge on any atom is -0.237 e. The molecule has 2 nitrogen and oxygen atoms in total. The molecule has 0 aliphatic rings. The number of benzene rings is 5. The van der Waals surface area contributed by atoms with Crippen LogP contribution in [0.25, 0.3) is 49.0 Å². The second kappa shape index (κ2) is 10.5. The third-order valence-electron chi connectivity index (χ3n) is 7.36. The average molecular weight is 503 g/mol. The molecule has 0 amide bonds. The highest BCUT2D eigenvalue weighted by molar-refractivity contribution is 6.22. The molecule has 0 bridgehead atoms. The van der Waals surface area contributed by atoms with Crippen LogP contribution in [0, 0.1) is 6.92 Å². The highest BCUT2D eigenvalue weighted by Gasteiger charge is 2.17. The van der Waals surface area contributed by atoms with Gasteiger partial charge in [-0.2, -0.15) is 0 Å². The normalized spacial score (nSPS) is 12.7. The Morgan fingerprint density at radius 2 is 1.28 bits per heavy atom. The van der Waals surface area contributed by atoms with E-state index in [0.717, 1.165) is 17.1 Å². The van der Waals surface area contributed by atoms with Crippen molar-refractivity contribution in [2.75, 3.05) is 0 Å². The number of fused-ring (bicyclic) bond motifs is 3. The van der Waals surface area contributed by atoms with Crippen molar-refractivity contribution in [2.24, 2.45) is 4.99 Å². The quantitative estimate of drug-likeness (QED) is 0.131. The van der Waals surface area contributed by atoms with Crippen LogP contribution in [0.15, 0.2) is 133 Å². The fourth-order valence-corrected chi connectivity index (χ4v) is 5.51. The summed E-state index contributed by atoms with van der Waals surface area (Å²) in [5, 5.41) is 7.52. The van der Waals surface area contributed by atoms with Gasteiger partial charge in [-0.1, -0.05) is 109 Å². The first kappa shape index (κ1) is 24.5. The molecular formula is C37H30N2. The first-order valence-corrected chi connectivity index (χ1v) is 13.4. The number of nitrogens with zero attached hydrogens (tertiary/aromatic N) is 2. The fourth-order valence-electron chi connectivity index (χ4n) is 5.51. The summed E-state index contributed by atoms with van der Waals surface area (Å²) in [6.07, 6.45) is 8.26. The van der Waals surface area contributed by atoms with E-state index in [1.165, 1.54) is 54.6 Å². The van der Waals surface area contributed by atoms with E-state index in [4.69, 9.17) is 4.99 Å². The van der Waals surface area contributed by atoms with Crippen molar-refractivity contribution in [2.45, 2.75) is 20.8 Å². The molecule has 188 valence electrons. The summed E-state index contributed by atoms with van der Waals surface area (Å²) < 4.78 is 0. The summed E-state index contributed by atoms with van der Waals surface area (Å²) >= 11 is 0. The highest BCUT2D eigenvalue weighted by atomic mass is 14.9. The molecule has 1 aromatic heterocycles. The van der Waals surface area contributed by atoms with Crippen LogP contribution in [-0.2, 0) is 0 Å². The first-order valence-electron chi connectivity index (χ1n) is 13.4. The molecule has 2 heteroatoms. The molecule has 0 aliphatic heterocycles. The van der Waals surface area contributed by atoms with Crippen LogP contribution < -0.4 is 0 Å². The summed E-state index contributed by atoms with van der Waals surface area (Å²) in [5.41, 5.74) is 6.93. The standard InChI is InChI=1S/C37H30N2/c1-4-27(23-22-26(3)39-37-25(2)13-12-24-38-37)35-31-17-7-9-19-33(31)36(34-20-10-8-18-32(34)35)30-21-11-15-28-14-5-6-16-29(28)30/h4-24H,1-3H3/b23-22-,27-4+,39-26+. The van der Waals surface area contributed by atoms with Crippen molar-refractivity contribution in [3.8, 4) is 11.1 Å². The van der Waals surface area contributed by atoms with E-state index < -0.39 is 0 Å². The lowest BCUT2D eigenvalue weighted by Crippen LogP contribution is -1.94. The largest absolute Gasteiger partial charge is 0.237 e. The van der Waals surface area contributed by atoms with Crippen LogP contribution in [0.2, 0.25) is 0 Å². The van der Waals surface area contributed by atoms with Crippen molar-refractivity contribution >= 4 is 49.4 Å². The number of aryl methyl sites for hydroxylation is 1. The maximum absolute atomic E-state index is 4.76. The lowest BCUT2D eigenvalue weighted by molar-refractivity contribution is 1.22. The van der Waals surface area contributed by atoms with Gasteiger partial charge >= 0.3 is 0 Å². The monoisotopic (exact) mass is 502 g/mol. The maximum Gasteiger partial charge on any atom is 0.154 e. The summed E-state index contributed by atoms with van der Waals surface area (Å²) in [6, 6.07) is 36.8. The van der Waals surface area contributed by atoms with E-state index in [1.54, 1.807) is 6.20 Å². The van der Waals surface area contributed by atoms with E-state index in [9.17, 15) is 0 Å². The second-order valence-electron chi connectivity index (χ2n) is 9.84. The fraction of sp³-hybridized carbons (Fsp3) is 0.0811. The van der Waals surface area contributed by atoms with Crippen molar-refractivity contribution in [3.05, 3.63) is 139 Å². The topological polar surface area (TPSA) is 25.2 Å². The lowest BCUT2D eigenvalue weighted by Gasteiger charge is -2.19. The van der Waals surface area contributed by atoms with Gasteiger partial charge in [-0.05, 0) is 93.1 Å². The number of aromatic nitrogens is 1. The number of rotatable bonds is 5. The number of pyridine rings is 1. The van der Waals surface area contributed by atoms with Gasteiger partial charge in [0.05, 0.1) is 0 Å². The lowest BCUT2D eigenvalue weighted by atomic mass is 9.84. The summed E-state index contributed by atoms with van der Waals surface area (Å²) in [4.78, 5) is 9.19. The molecule has 0 saturated heterocycles. The van der Waals surface area contributed by atoms with Crippen molar-refractivity contribution < 1.29 is 0 Å². The van der Waals surface area contributed by atoms with Gasteiger partial charge in [-0.25, -0.2) is 9.98 Å². The SMILES string of the molecule is C\C=C(/C=C\C(C)=N\c1ncccc1C)c1c2ccccc2c(-c2cccc3ccccc23)c2ccccc12. The Kier molecular flexibility index (Phi) is 6.61.